The van der Waals surface area contributed by atoms with E-state index in [0.29, 0.717) is 19.3 Å². The molecule has 0 aromatic rings. The van der Waals surface area contributed by atoms with Gasteiger partial charge in [-0.15, -0.1) is 0 Å². The van der Waals surface area contributed by atoms with Gasteiger partial charge in [-0.3, -0.25) is 4.79 Å². The lowest BCUT2D eigenvalue weighted by Gasteiger charge is -2.65. The molecule has 3 aliphatic rings. The molecule has 0 aromatic carbocycles. The standard InChI is InChI=1S/C20H34O6/c1-13-4-5-14-17(2,11-21)15(23)6-7-18(14,3)20(13)9-8-19(12-22,26-20)10-16(24)25/h13-15,21-23H,4-12H2,1-3H3,(H,24,25)/t13-,14-,15+,17+,18-,19+,20-/m0/s1. The van der Waals surface area contributed by atoms with Gasteiger partial charge in [-0.2, -0.15) is 0 Å². The third kappa shape index (κ3) is 2.56. The predicted octanol–water partition coefficient (Wildman–Crippen LogP) is 1.95. The van der Waals surface area contributed by atoms with Crippen LogP contribution in [0.3, 0.4) is 0 Å². The molecule has 6 nitrogen and oxygen atoms in total. The minimum atomic E-state index is -1.03. The van der Waals surface area contributed by atoms with Crippen LogP contribution >= 0.6 is 0 Å². The summed E-state index contributed by atoms with van der Waals surface area (Å²) in [6, 6.07) is 0. The Hall–Kier alpha value is -0.690. The third-order valence-corrected chi connectivity index (χ3v) is 8.37. The molecule has 150 valence electrons. The molecule has 2 saturated carbocycles. The SMILES string of the molecule is C[C@H]1CC[C@H]2[C@@](C)(CO)[C@H](O)CC[C@]2(C)[C@]12CC[C@](CO)(CC(=O)O)O2. The van der Waals surface area contributed by atoms with Gasteiger partial charge in [0, 0.05) is 10.8 Å². The number of carbonyl (C=O) groups is 1. The number of fused-ring (bicyclic) bond motifs is 2. The van der Waals surface area contributed by atoms with Crippen molar-refractivity contribution in [3.05, 3.63) is 0 Å². The van der Waals surface area contributed by atoms with Crippen LogP contribution in [0.2, 0.25) is 0 Å². The van der Waals surface area contributed by atoms with Crippen molar-refractivity contribution in [1.29, 1.82) is 0 Å². The van der Waals surface area contributed by atoms with Gasteiger partial charge < -0.3 is 25.2 Å². The molecule has 0 radical (unpaired) electrons. The van der Waals surface area contributed by atoms with E-state index in [9.17, 15) is 25.2 Å². The molecule has 7 atom stereocenters. The number of aliphatic hydroxyl groups excluding tert-OH is 3. The van der Waals surface area contributed by atoms with E-state index >= 15 is 0 Å². The van der Waals surface area contributed by atoms with Gasteiger partial charge in [0.05, 0.1) is 31.3 Å². The zero-order valence-corrected chi connectivity index (χ0v) is 16.2. The van der Waals surface area contributed by atoms with Crippen molar-refractivity contribution in [2.45, 2.75) is 83.0 Å². The van der Waals surface area contributed by atoms with Gasteiger partial charge in [0.2, 0.25) is 0 Å². The zero-order valence-electron chi connectivity index (χ0n) is 16.2. The maximum Gasteiger partial charge on any atom is 0.306 e. The average molecular weight is 370 g/mol. The lowest BCUT2D eigenvalue weighted by atomic mass is 9.43. The van der Waals surface area contributed by atoms with Crippen LogP contribution in [0.1, 0.15) is 65.7 Å². The number of hydrogen-bond donors (Lipinski definition) is 4. The molecule has 3 fully saturated rings. The van der Waals surface area contributed by atoms with E-state index in [1.807, 2.05) is 6.92 Å². The molecule has 3 rings (SSSR count). The van der Waals surface area contributed by atoms with Gasteiger partial charge in [0.25, 0.3) is 0 Å². The number of aliphatic carboxylic acids is 1. The monoisotopic (exact) mass is 370 g/mol. The molecule has 26 heavy (non-hydrogen) atoms. The summed E-state index contributed by atoms with van der Waals surface area (Å²) in [6.45, 7) is 5.96. The first-order valence-corrected chi connectivity index (χ1v) is 9.91. The largest absolute Gasteiger partial charge is 0.481 e. The highest BCUT2D eigenvalue weighted by Crippen LogP contribution is 2.67. The topological polar surface area (TPSA) is 107 Å². The predicted molar refractivity (Wildman–Crippen MR) is 95.5 cm³/mol. The molecule has 6 heteroatoms. The molecule has 1 spiro atoms. The zero-order chi connectivity index (χ0) is 19.4. The van der Waals surface area contributed by atoms with Gasteiger partial charge in [-0.25, -0.2) is 0 Å². The Balaban J connectivity index is 2.02. The van der Waals surface area contributed by atoms with E-state index in [4.69, 9.17) is 4.74 Å². The van der Waals surface area contributed by atoms with Crippen molar-refractivity contribution in [2.75, 3.05) is 13.2 Å². The number of rotatable bonds is 4. The smallest absolute Gasteiger partial charge is 0.306 e. The summed E-state index contributed by atoms with van der Waals surface area (Å²) in [6.07, 6.45) is 3.73. The molecule has 1 saturated heterocycles. The maximum atomic E-state index is 11.4. The number of carboxylic acids is 1. The van der Waals surface area contributed by atoms with Crippen molar-refractivity contribution in [1.82, 2.24) is 0 Å². The first kappa shape index (κ1) is 20.1. The first-order chi connectivity index (χ1) is 12.1. The summed E-state index contributed by atoms with van der Waals surface area (Å²) in [5.74, 6) is -0.621. The number of aliphatic hydroxyl groups is 3. The molecule has 4 N–H and O–H groups in total. The molecule has 0 bridgehead atoms. The molecule has 0 aromatic heterocycles. The Labute approximate surface area is 155 Å². The summed E-state index contributed by atoms with van der Waals surface area (Å²) >= 11 is 0. The quantitative estimate of drug-likeness (QED) is 0.602. The second-order valence-corrected chi connectivity index (χ2v) is 9.57. The van der Waals surface area contributed by atoms with Crippen LogP contribution in [0.15, 0.2) is 0 Å². The number of carboxylic acid groups (broad SMARTS) is 1. The van der Waals surface area contributed by atoms with Crippen molar-refractivity contribution in [3.63, 3.8) is 0 Å². The van der Waals surface area contributed by atoms with Crippen molar-refractivity contribution in [3.8, 4) is 0 Å². The summed E-state index contributed by atoms with van der Waals surface area (Å²) in [5, 5.41) is 40.0. The van der Waals surface area contributed by atoms with Crippen molar-refractivity contribution >= 4 is 5.97 Å². The molecule has 0 unspecified atom stereocenters. The fourth-order valence-electron chi connectivity index (χ4n) is 6.70. The maximum absolute atomic E-state index is 11.4. The highest BCUT2D eigenvalue weighted by Gasteiger charge is 2.68. The van der Waals surface area contributed by atoms with Crippen LogP contribution in [0.5, 0.6) is 0 Å². The Kier molecular flexibility index (Phi) is 4.96. The lowest BCUT2D eigenvalue weighted by molar-refractivity contribution is -0.271. The minimum absolute atomic E-state index is 0.0703. The highest BCUT2D eigenvalue weighted by atomic mass is 16.5. The first-order valence-electron chi connectivity index (χ1n) is 9.91. The average Bonchev–Trinajstić information content (AvgIpc) is 2.98. The van der Waals surface area contributed by atoms with Gasteiger partial charge in [-0.05, 0) is 50.4 Å². The Morgan fingerprint density at radius 3 is 2.35 bits per heavy atom. The van der Waals surface area contributed by atoms with Gasteiger partial charge in [-0.1, -0.05) is 20.8 Å². The number of hydrogen-bond acceptors (Lipinski definition) is 5. The second kappa shape index (κ2) is 6.43. The Bertz CT molecular complexity index is 567. The van der Waals surface area contributed by atoms with Crippen LogP contribution in [-0.4, -0.2) is 56.9 Å². The van der Waals surface area contributed by atoms with E-state index in [1.54, 1.807) is 0 Å². The van der Waals surface area contributed by atoms with Crippen molar-refractivity contribution in [2.24, 2.45) is 22.7 Å². The van der Waals surface area contributed by atoms with Crippen LogP contribution in [0.25, 0.3) is 0 Å². The van der Waals surface area contributed by atoms with Crippen LogP contribution in [0, 0.1) is 22.7 Å². The second-order valence-electron chi connectivity index (χ2n) is 9.57. The summed E-state index contributed by atoms with van der Waals surface area (Å²) < 4.78 is 6.60. The van der Waals surface area contributed by atoms with E-state index in [2.05, 4.69) is 13.8 Å². The fraction of sp³-hybridized carbons (Fsp3) is 0.950. The van der Waals surface area contributed by atoms with E-state index in [0.717, 1.165) is 19.3 Å². The highest BCUT2D eigenvalue weighted by molar-refractivity contribution is 5.68. The van der Waals surface area contributed by atoms with E-state index in [1.165, 1.54) is 0 Å². The van der Waals surface area contributed by atoms with Gasteiger partial charge in [0.15, 0.2) is 0 Å². The van der Waals surface area contributed by atoms with Crippen molar-refractivity contribution < 1.29 is 30.0 Å². The lowest BCUT2D eigenvalue weighted by Crippen LogP contribution is -2.66. The number of ether oxygens (including phenoxy) is 1. The normalized spacial score (nSPS) is 51.4. The van der Waals surface area contributed by atoms with Crippen LogP contribution in [-0.2, 0) is 9.53 Å². The van der Waals surface area contributed by atoms with Crippen LogP contribution < -0.4 is 0 Å². The molecule has 1 heterocycles. The third-order valence-electron chi connectivity index (χ3n) is 8.37. The van der Waals surface area contributed by atoms with Gasteiger partial charge >= 0.3 is 5.97 Å². The summed E-state index contributed by atoms with van der Waals surface area (Å²) in [5.41, 5.74) is -2.40. The molecular formula is C20H34O6. The summed E-state index contributed by atoms with van der Waals surface area (Å²) in [4.78, 5) is 11.4. The van der Waals surface area contributed by atoms with Gasteiger partial charge in [0.1, 0.15) is 5.60 Å². The van der Waals surface area contributed by atoms with Crippen LogP contribution in [0.4, 0.5) is 0 Å². The Morgan fingerprint density at radius 1 is 1.08 bits per heavy atom. The minimum Gasteiger partial charge on any atom is -0.481 e. The molecule has 0 amide bonds. The fourth-order valence-corrected chi connectivity index (χ4v) is 6.70. The Morgan fingerprint density at radius 2 is 1.77 bits per heavy atom. The van der Waals surface area contributed by atoms with E-state index < -0.39 is 28.7 Å². The van der Waals surface area contributed by atoms with E-state index in [-0.39, 0.29) is 36.9 Å². The summed E-state index contributed by atoms with van der Waals surface area (Å²) in [7, 11) is 0. The molecular weight excluding hydrogens is 336 g/mol. The molecule has 1 aliphatic heterocycles. The molecule has 2 aliphatic carbocycles.